The summed E-state index contributed by atoms with van der Waals surface area (Å²) in [6.45, 7) is 0. The standard InChI is InChI=1S/C12H16Cl2N2O2S/c13-10-2-1-8(11(14)6-10)5-12(16-15)9-3-4-19(17,18)7-9/h1-2,6,9,12,16H,3-5,7,15H2. The van der Waals surface area contributed by atoms with Crippen LogP contribution in [-0.2, 0) is 16.3 Å². The fourth-order valence-corrected chi connectivity index (χ4v) is 4.79. The van der Waals surface area contributed by atoms with Crippen LogP contribution in [0.25, 0.3) is 0 Å². The van der Waals surface area contributed by atoms with Crippen LogP contribution < -0.4 is 11.3 Å². The molecule has 2 rings (SSSR count). The molecule has 2 unspecified atom stereocenters. The van der Waals surface area contributed by atoms with Gasteiger partial charge in [-0.3, -0.25) is 11.3 Å². The molecule has 1 aromatic carbocycles. The van der Waals surface area contributed by atoms with Crippen molar-refractivity contribution in [2.24, 2.45) is 11.8 Å². The fraction of sp³-hybridized carbons (Fsp3) is 0.500. The molecule has 0 bridgehead atoms. The second kappa shape index (κ2) is 5.97. The number of sulfone groups is 1. The molecule has 0 aromatic heterocycles. The summed E-state index contributed by atoms with van der Waals surface area (Å²) in [5.74, 6) is 6.01. The van der Waals surface area contributed by atoms with Crippen LogP contribution in [0, 0.1) is 5.92 Å². The molecule has 2 atom stereocenters. The lowest BCUT2D eigenvalue weighted by Crippen LogP contribution is -2.43. The van der Waals surface area contributed by atoms with Gasteiger partial charge in [-0.2, -0.15) is 0 Å². The molecule has 1 aromatic rings. The van der Waals surface area contributed by atoms with Crippen LogP contribution in [0.2, 0.25) is 10.0 Å². The van der Waals surface area contributed by atoms with Crippen molar-refractivity contribution in [3.8, 4) is 0 Å². The second-order valence-electron chi connectivity index (χ2n) is 4.88. The zero-order valence-corrected chi connectivity index (χ0v) is 12.6. The molecule has 4 nitrogen and oxygen atoms in total. The van der Waals surface area contributed by atoms with Crippen molar-refractivity contribution in [2.75, 3.05) is 11.5 Å². The van der Waals surface area contributed by atoms with Gasteiger partial charge >= 0.3 is 0 Å². The molecule has 106 valence electrons. The van der Waals surface area contributed by atoms with E-state index in [-0.39, 0.29) is 23.5 Å². The third-order valence-electron chi connectivity index (χ3n) is 3.51. The number of halogens is 2. The Balaban J connectivity index is 2.11. The fourth-order valence-electron chi connectivity index (χ4n) is 2.43. The molecule has 0 spiro atoms. The SMILES string of the molecule is NNC(Cc1ccc(Cl)cc1Cl)C1CCS(=O)(=O)C1. The van der Waals surface area contributed by atoms with Crippen molar-refractivity contribution in [1.29, 1.82) is 0 Å². The maximum absolute atomic E-state index is 11.5. The van der Waals surface area contributed by atoms with E-state index in [1.54, 1.807) is 12.1 Å². The van der Waals surface area contributed by atoms with Crippen molar-refractivity contribution in [3.05, 3.63) is 33.8 Å². The summed E-state index contributed by atoms with van der Waals surface area (Å²) in [5, 5.41) is 1.16. The molecule has 1 aliphatic rings. The van der Waals surface area contributed by atoms with E-state index in [1.165, 1.54) is 0 Å². The van der Waals surface area contributed by atoms with Crippen molar-refractivity contribution in [3.63, 3.8) is 0 Å². The zero-order chi connectivity index (χ0) is 14.0. The molecular weight excluding hydrogens is 307 g/mol. The lowest BCUT2D eigenvalue weighted by atomic mass is 9.93. The summed E-state index contributed by atoms with van der Waals surface area (Å²) in [4.78, 5) is 0. The van der Waals surface area contributed by atoms with Gasteiger partial charge in [0.15, 0.2) is 9.84 Å². The Labute approximate surface area is 123 Å². The van der Waals surface area contributed by atoms with E-state index in [1.807, 2.05) is 6.07 Å². The molecule has 1 aliphatic heterocycles. The second-order valence-corrected chi connectivity index (χ2v) is 7.95. The topological polar surface area (TPSA) is 72.2 Å². The van der Waals surface area contributed by atoms with Gasteiger partial charge in [0, 0.05) is 16.1 Å². The highest BCUT2D eigenvalue weighted by Gasteiger charge is 2.33. The molecule has 0 saturated carbocycles. The van der Waals surface area contributed by atoms with Crippen molar-refractivity contribution >= 4 is 33.0 Å². The van der Waals surface area contributed by atoms with Crippen LogP contribution in [-0.4, -0.2) is 26.0 Å². The number of nitrogens with two attached hydrogens (primary N) is 1. The van der Waals surface area contributed by atoms with E-state index >= 15 is 0 Å². The van der Waals surface area contributed by atoms with Gasteiger partial charge in [0.25, 0.3) is 0 Å². The Hall–Kier alpha value is -0.330. The first-order valence-corrected chi connectivity index (χ1v) is 8.59. The summed E-state index contributed by atoms with van der Waals surface area (Å²) in [6.07, 6.45) is 1.23. The quantitative estimate of drug-likeness (QED) is 0.655. The lowest BCUT2D eigenvalue weighted by Gasteiger charge is -2.22. The number of nitrogens with one attached hydrogen (secondary N) is 1. The maximum Gasteiger partial charge on any atom is 0.150 e. The highest BCUT2D eigenvalue weighted by molar-refractivity contribution is 7.91. The normalized spacial score (nSPS) is 23.4. The van der Waals surface area contributed by atoms with Gasteiger partial charge in [-0.05, 0) is 36.5 Å². The molecular formula is C12H16Cl2N2O2S. The number of benzene rings is 1. The Kier molecular flexibility index (Phi) is 4.74. The molecule has 0 amide bonds. The first kappa shape index (κ1) is 15.1. The van der Waals surface area contributed by atoms with Crippen LogP contribution >= 0.6 is 23.2 Å². The zero-order valence-electron chi connectivity index (χ0n) is 10.3. The van der Waals surface area contributed by atoms with Gasteiger partial charge in [-0.25, -0.2) is 8.42 Å². The van der Waals surface area contributed by atoms with Gasteiger partial charge in [-0.15, -0.1) is 0 Å². The molecule has 1 heterocycles. The third kappa shape index (κ3) is 3.83. The van der Waals surface area contributed by atoms with Crippen LogP contribution in [0.15, 0.2) is 18.2 Å². The first-order valence-electron chi connectivity index (χ1n) is 6.02. The summed E-state index contributed by atoms with van der Waals surface area (Å²) < 4.78 is 23.0. The Morgan fingerprint density at radius 1 is 1.42 bits per heavy atom. The molecule has 3 N–H and O–H groups in total. The number of hydrogen-bond donors (Lipinski definition) is 2. The first-order chi connectivity index (χ1) is 8.91. The predicted molar refractivity (Wildman–Crippen MR) is 78.0 cm³/mol. The highest BCUT2D eigenvalue weighted by atomic mass is 35.5. The average molecular weight is 323 g/mol. The van der Waals surface area contributed by atoms with Crippen molar-refractivity contribution in [1.82, 2.24) is 5.43 Å². The van der Waals surface area contributed by atoms with E-state index in [0.29, 0.717) is 22.9 Å². The largest absolute Gasteiger partial charge is 0.271 e. The van der Waals surface area contributed by atoms with E-state index in [4.69, 9.17) is 29.0 Å². The number of hydrazine groups is 1. The summed E-state index contributed by atoms with van der Waals surface area (Å²) in [7, 11) is -2.91. The Bertz CT molecular complexity index is 563. The van der Waals surface area contributed by atoms with Crippen molar-refractivity contribution in [2.45, 2.75) is 18.9 Å². The third-order valence-corrected chi connectivity index (χ3v) is 5.89. The van der Waals surface area contributed by atoms with E-state index in [0.717, 1.165) is 5.56 Å². The lowest BCUT2D eigenvalue weighted by molar-refractivity contribution is 0.385. The minimum absolute atomic E-state index is 0.0294. The summed E-state index contributed by atoms with van der Waals surface area (Å²) in [6, 6.07) is 5.19. The minimum atomic E-state index is -2.91. The van der Waals surface area contributed by atoms with E-state index < -0.39 is 9.84 Å². The van der Waals surface area contributed by atoms with Crippen LogP contribution in [0.3, 0.4) is 0 Å². The van der Waals surface area contributed by atoms with E-state index in [9.17, 15) is 8.42 Å². The molecule has 7 heteroatoms. The van der Waals surface area contributed by atoms with Crippen molar-refractivity contribution < 1.29 is 8.42 Å². The summed E-state index contributed by atoms with van der Waals surface area (Å²) >= 11 is 12.0. The number of hydrogen-bond acceptors (Lipinski definition) is 4. The molecule has 0 radical (unpaired) electrons. The molecule has 1 saturated heterocycles. The van der Waals surface area contributed by atoms with Gasteiger partial charge < -0.3 is 0 Å². The van der Waals surface area contributed by atoms with Crippen LogP contribution in [0.5, 0.6) is 0 Å². The van der Waals surface area contributed by atoms with Gasteiger partial charge in [0.1, 0.15) is 0 Å². The summed E-state index contributed by atoms with van der Waals surface area (Å²) in [5.41, 5.74) is 3.63. The smallest absolute Gasteiger partial charge is 0.150 e. The van der Waals surface area contributed by atoms with Gasteiger partial charge in [-0.1, -0.05) is 29.3 Å². The van der Waals surface area contributed by atoms with Gasteiger partial charge in [0.05, 0.1) is 11.5 Å². The van der Waals surface area contributed by atoms with Crippen LogP contribution in [0.1, 0.15) is 12.0 Å². The Morgan fingerprint density at radius 3 is 2.68 bits per heavy atom. The van der Waals surface area contributed by atoms with Crippen LogP contribution in [0.4, 0.5) is 0 Å². The highest BCUT2D eigenvalue weighted by Crippen LogP contribution is 2.27. The minimum Gasteiger partial charge on any atom is -0.271 e. The Morgan fingerprint density at radius 2 is 2.16 bits per heavy atom. The van der Waals surface area contributed by atoms with Gasteiger partial charge in [0.2, 0.25) is 0 Å². The number of rotatable bonds is 4. The van der Waals surface area contributed by atoms with E-state index in [2.05, 4.69) is 5.43 Å². The molecule has 0 aliphatic carbocycles. The molecule has 19 heavy (non-hydrogen) atoms. The maximum atomic E-state index is 11.5. The monoisotopic (exact) mass is 322 g/mol. The molecule has 1 fully saturated rings. The average Bonchev–Trinajstić information content (AvgIpc) is 2.69. The predicted octanol–water partition coefficient (Wildman–Crippen LogP) is 1.80.